The van der Waals surface area contributed by atoms with Crippen molar-refractivity contribution >= 4 is 5.91 Å². The van der Waals surface area contributed by atoms with Crippen molar-refractivity contribution in [2.45, 2.75) is 52.4 Å². The highest BCUT2D eigenvalue weighted by Gasteiger charge is 2.40. The molecule has 3 unspecified atom stereocenters. The zero-order valence-electron chi connectivity index (χ0n) is 12.9. The molecule has 1 N–H and O–H groups in total. The standard InChI is InChI=1S/C16H22F2N2O/c1-9(2)7-10(3)20-15(19-11(4)16(20)21)13-6-5-12(17)8-14(13)18/h5-6,8-11,15,19H,7H2,1-4H3. The molecule has 1 aliphatic heterocycles. The Morgan fingerprint density at radius 2 is 1.95 bits per heavy atom. The van der Waals surface area contributed by atoms with Crippen LogP contribution in [0.3, 0.4) is 0 Å². The van der Waals surface area contributed by atoms with Crippen molar-refractivity contribution in [3.05, 3.63) is 35.4 Å². The van der Waals surface area contributed by atoms with E-state index in [1.165, 1.54) is 12.1 Å². The Bertz CT molecular complexity index is 533. The summed E-state index contributed by atoms with van der Waals surface area (Å²) in [6.07, 6.45) is 0.293. The first-order valence-electron chi connectivity index (χ1n) is 7.34. The van der Waals surface area contributed by atoms with Gasteiger partial charge in [-0.2, -0.15) is 0 Å². The Morgan fingerprint density at radius 1 is 1.29 bits per heavy atom. The lowest BCUT2D eigenvalue weighted by atomic mass is 10.0. The van der Waals surface area contributed by atoms with Crippen molar-refractivity contribution in [3.63, 3.8) is 0 Å². The third-order valence-corrected chi connectivity index (χ3v) is 3.86. The van der Waals surface area contributed by atoms with Crippen molar-refractivity contribution < 1.29 is 13.6 Å². The van der Waals surface area contributed by atoms with Crippen molar-refractivity contribution in [1.29, 1.82) is 0 Å². The highest BCUT2D eigenvalue weighted by atomic mass is 19.1. The molecule has 0 saturated carbocycles. The van der Waals surface area contributed by atoms with Gasteiger partial charge in [0.15, 0.2) is 0 Å². The number of hydrogen-bond donors (Lipinski definition) is 1. The third-order valence-electron chi connectivity index (χ3n) is 3.86. The topological polar surface area (TPSA) is 32.3 Å². The maximum Gasteiger partial charge on any atom is 0.241 e. The van der Waals surface area contributed by atoms with Gasteiger partial charge in [0.2, 0.25) is 5.91 Å². The maximum absolute atomic E-state index is 14.0. The van der Waals surface area contributed by atoms with Crippen molar-refractivity contribution in [3.8, 4) is 0 Å². The minimum atomic E-state index is -0.629. The van der Waals surface area contributed by atoms with Crippen LogP contribution >= 0.6 is 0 Å². The second kappa shape index (κ2) is 6.10. The smallest absolute Gasteiger partial charge is 0.241 e. The van der Waals surface area contributed by atoms with E-state index in [1.807, 2.05) is 6.92 Å². The summed E-state index contributed by atoms with van der Waals surface area (Å²) in [5, 5.41) is 3.10. The molecule has 1 amide bonds. The van der Waals surface area contributed by atoms with E-state index in [0.29, 0.717) is 11.5 Å². The van der Waals surface area contributed by atoms with Gasteiger partial charge >= 0.3 is 0 Å². The van der Waals surface area contributed by atoms with Gasteiger partial charge in [-0.15, -0.1) is 0 Å². The first-order chi connectivity index (χ1) is 9.81. The number of carbonyl (C=O) groups is 1. The largest absolute Gasteiger partial charge is 0.319 e. The Morgan fingerprint density at radius 3 is 2.52 bits per heavy atom. The fourth-order valence-corrected chi connectivity index (χ4v) is 2.97. The number of rotatable bonds is 4. The predicted octanol–water partition coefficient (Wildman–Crippen LogP) is 3.22. The number of benzene rings is 1. The molecular weight excluding hydrogens is 274 g/mol. The van der Waals surface area contributed by atoms with Gasteiger partial charge in [-0.1, -0.05) is 13.8 Å². The molecule has 1 aromatic rings. The minimum absolute atomic E-state index is 0.00981. The normalized spacial score (nSPS) is 24.0. The average molecular weight is 296 g/mol. The minimum Gasteiger partial charge on any atom is -0.319 e. The first kappa shape index (κ1) is 15.9. The van der Waals surface area contributed by atoms with Crippen molar-refractivity contribution in [1.82, 2.24) is 10.2 Å². The highest BCUT2D eigenvalue weighted by molar-refractivity contribution is 5.84. The molecular formula is C16H22F2N2O. The SMILES string of the molecule is CC(C)CC(C)N1C(=O)C(C)NC1c1ccc(F)cc1F. The summed E-state index contributed by atoms with van der Waals surface area (Å²) in [5.41, 5.74) is 0.310. The number of nitrogens with one attached hydrogen (secondary N) is 1. The van der Waals surface area contributed by atoms with Crippen LogP contribution in [0, 0.1) is 17.6 Å². The summed E-state index contributed by atoms with van der Waals surface area (Å²) in [5.74, 6) is -0.856. The molecule has 3 nitrogen and oxygen atoms in total. The molecule has 2 rings (SSSR count). The number of carbonyl (C=O) groups excluding carboxylic acids is 1. The summed E-state index contributed by atoms with van der Waals surface area (Å²) in [7, 11) is 0. The molecule has 1 heterocycles. The molecule has 1 aliphatic rings. The summed E-state index contributed by atoms with van der Waals surface area (Å²) in [6, 6.07) is 3.11. The second-order valence-electron chi connectivity index (χ2n) is 6.18. The average Bonchev–Trinajstić information content (AvgIpc) is 2.64. The summed E-state index contributed by atoms with van der Waals surface area (Å²) in [4.78, 5) is 14.0. The van der Waals surface area contributed by atoms with E-state index in [9.17, 15) is 13.6 Å². The number of halogens is 2. The van der Waals surface area contributed by atoms with Crippen LogP contribution in [-0.4, -0.2) is 22.9 Å². The van der Waals surface area contributed by atoms with E-state index in [1.54, 1.807) is 11.8 Å². The predicted molar refractivity (Wildman–Crippen MR) is 77.5 cm³/mol. The van der Waals surface area contributed by atoms with Gasteiger partial charge in [-0.25, -0.2) is 8.78 Å². The molecule has 0 aliphatic carbocycles. The molecule has 21 heavy (non-hydrogen) atoms. The fourth-order valence-electron chi connectivity index (χ4n) is 2.97. The van der Waals surface area contributed by atoms with Crippen LogP contribution in [0.2, 0.25) is 0 Å². The van der Waals surface area contributed by atoms with Crippen molar-refractivity contribution in [2.24, 2.45) is 5.92 Å². The van der Waals surface area contributed by atoms with E-state index in [4.69, 9.17) is 0 Å². The van der Waals surface area contributed by atoms with Gasteiger partial charge in [0, 0.05) is 17.7 Å². The van der Waals surface area contributed by atoms with Gasteiger partial charge in [0.25, 0.3) is 0 Å². The summed E-state index contributed by atoms with van der Waals surface area (Å²) >= 11 is 0. The Labute approximate surface area is 124 Å². The lowest BCUT2D eigenvalue weighted by Gasteiger charge is -2.31. The summed E-state index contributed by atoms with van der Waals surface area (Å²) in [6.45, 7) is 7.90. The fraction of sp³-hybridized carbons (Fsp3) is 0.562. The van der Waals surface area contributed by atoms with E-state index in [-0.39, 0.29) is 18.0 Å². The molecule has 0 aromatic heterocycles. The van der Waals surface area contributed by atoms with Crippen LogP contribution in [0.4, 0.5) is 8.78 Å². The number of hydrogen-bond acceptors (Lipinski definition) is 2. The molecule has 5 heteroatoms. The van der Waals surface area contributed by atoms with Crippen LogP contribution in [0.5, 0.6) is 0 Å². The molecule has 0 spiro atoms. The molecule has 1 aromatic carbocycles. The molecule has 1 saturated heterocycles. The van der Waals surface area contributed by atoms with Gasteiger partial charge < -0.3 is 4.90 Å². The molecule has 116 valence electrons. The quantitative estimate of drug-likeness (QED) is 0.925. The van der Waals surface area contributed by atoms with Gasteiger partial charge in [-0.05, 0) is 38.3 Å². The Balaban J connectivity index is 2.33. The van der Waals surface area contributed by atoms with Crippen LogP contribution in [0.25, 0.3) is 0 Å². The molecule has 1 fully saturated rings. The number of nitrogens with zero attached hydrogens (tertiary/aromatic N) is 1. The third kappa shape index (κ3) is 3.23. The van der Waals surface area contributed by atoms with E-state index in [2.05, 4.69) is 19.2 Å². The van der Waals surface area contributed by atoms with Crippen molar-refractivity contribution in [2.75, 3.05) is 0 Å². The molecule has 0 bridgehead atoms. The Kier molecular flexibility index (Phi) is 4.61. The molecule has 3 atom stereocenters. The summed E-state index contributed by atoms with van der Waals surface area (Å²) < 4.78 is 27.1. The second-order valence-corrected chi connectivity index (χ2v) is 6.18. The van der Waals surface area contributed by atoms with Crippen LogP contribution in [-0.2, 0) is 4.79 Å². The van der Waals surface area contributed by atoms with E-state index in [0.717, 1.165) is 12.5 Å². The van der Waals surface area contributed by atoms with E-state index < -0.39 is 17.8 Å². The van der Waals surface area contributed by atoms with Gasteiger partial charge in [0.1, 0.15) is 17.8 Å². The highest BCUT2D eigenvalue weighted by Crippen LogP contribution is 2.31. The van der Waals surface area contributed by atoms with Crippen LogP contribution < -0.4 is 5.32 Å². The van der Waals surface area contributed by atoms with E-state index >= 15 is 0 Å². The van der Waals surface area contributed by atoms with Gasteiger partial charge in [-0.3, -0.25) is 10.1 Å². The Hall–Kier alpha value is -1.49. The number of amides is 1. The first-order valence-corrected chi connectivity index (χ1v) is 7.34. The maximum atomic E-state index is 14.0. The van der Waals surface area contributed by atoms with Crippen LogP contribution in [0.15, 0.2) is 18.2 Å². The lowest BCUT2D eigenvalue weighted by molar-refractivity contribution is -0.132. The zero-order chi connectivity index (χ0) is 15.7. The van der Waals surface area contributed by atoms with Crippen LogP contribution in [0.1, 0.15) is 45.8 Å². The zero-order valence-corrected chi connectivity index (χ0v) is 12.9. The lowest BCUT2D eigenvalue weighted by Crippen LogP contribution is -2.39. The molecule has 0 radical (unpaired) electrons. The van der Waals surface area contributed by atoms with Gasteiger partial charge in [0.05, 0.1) is 6.04 Å². The monoisotopic (exact) mass is 296 g/mol.